The molecule has 0 saturated heterocycles. The highest BCUT2D eigenvalue weighted by Gasteiger charge is 2.07. The molecular formula is C14H15ClN2S. The zero-order valence-electron chi connectivity index (χ0n) is 9.92. The zero-order valence-corrected chi connectivity index (χ0v) is 11.5. The smallest absolute Gasteiger partial charge is 0.0541 e. The SMILES string of the molecule is NC(CSc1ccccc1Cl)Cc1ccccn1. The van der Waals surface area contributed by atoms with Crippen LogP contribution >= 0.6 is 23.4 Å². The Kier molecular flexibility index (Phi) is 5.05. The number of nitrogens with two attached hydrogens (primary N) is 1. The van der Waals surface area contributed by atoms with E-state index in [1.165, 1.54) is 0 Å². The van der Waals surface area contributed by atoms with E-state index in [-0.39, 0.29) is 6.04 Å². The molecule has 1 aromatic heterocycles. The third-order valence-corrected chi connectivity index (χ3v) is 4.19. The average molecular weight is 279 g/mol. The number of nitrogens with zero attached hydrogens (tertiary/aromatic N) is 1. The first-order valence-corrected chi connectivity index (χ1v) is 7.15. The maximum Gasteiger partial charge on any atom is 0.0541 e. The summed E-state index contributed by atoms with van der Waals surface area (Å²) in [4.78, 5) is 5.36. The van der Waals surface area contributed by atoms with Crippen molar-refractivity contribution in [2.45, 2.75) is 17.4 Å². The van der Waals surface area contributed by atoms with E-state index in [9.17, 15) is 0 Å². The van der Waals surface area contributed by atoms with Gasteiger partial charge >= 0.3 is 0 Å². The van der Waals surface area contributed by atoms with Crippen LogP contribution in [0.5, 0.6) is 0 Å². The fourth-order valence-electron chi connectivity index (χ4n) is 1.61. The van der Waals surface area contributed by atoms with Gasteiger partial charge in [0.05, 0.1) is 5.02 Å². The number of thioether (sulfide) groups is 1. The Bertz CT molecular complexity index is 490. The van der Waals surface area contributed by atoms with Gasteiger partial charge in [-0.25, -0.2) is 0 Å². The number of aromatic nitrogens is 1. The molecule has 0 aliphatic rings. The molecule has 0 bridgehead atoms. The monoisotopic (exact) mass is 278 g/mol. The summed E-state index contributed by atoms with van der Waals surface area (Å²) in [6, 6.07) is 13.8. The fourth-order valence-corrected chi connectivity index (χ4v) is 2.80. The second kappa shape index (κ2) is 6.78. The van der Waals surface area contributed by atoms with Gasteiger partial charge < -0.3 is 5.73 Å². The highest BCUT2D eigenvalue weighted by Crippen LogP contribution is 2.26. The molecule has 2 rings (SSSR count). The van der Waals surface area contributed by atoms with Gasteiger partial charge in [0.2, 0.25) is 0 Å². The van der Waals surface area contributed by atoms with E-state index in [2.05, 4.69) is 4.98 Å². The highest BCUT2D eigenvalue weighted by atomic mass is 35.5. The fraction of sp³-hybridized carbons (Fsp3) is 0.214. The lowest BCUT2D eigenvalue weighted by atomic mass is 10.2. The number of hydrogen-bond donors (Lipinski definition) is 1. The molecule has 0 spiro atoms. The molecule has 1 heterocycles. The van der Waals surface area contributed by atoms with Crippen molar-refractivity contribution in [1.29, 1.82) is 0 Å². The lowest BCUT2D eigenvalue weighted by Gasteiger charge is -2.11. The third kappa shape index (κ3) is 4.02. The van der Waals surface area contributed by atoms with E-state index in [1.807, 2.05) is 42.5 Å². The minimum absolute atomic E-state index is 0.0844. The Morgan fingerprint density at radius 2 is 1.94 bits per heavy atom. The molecule has 0 fully saturated rings. The van der Waals surface area contributed by atoms with Crippen molar-refractivity contribution in [2.24, 2.45) is 5.73 Å². The average Bonchev–Trinajstić information content (AvgIpc) is 2.39. The molecule has 0 radical (unpaired) electrons. The minimum atomic E-state index is 0.0844. The first-order chi connectivity index (χ1) is 8.75. The van der Waals surface area contributed by atoms with Gasteiger partial charge in [0.25, 0.3) is 0 Å². The predicted octanol–water partition coefficient (Wildman–Crippen LogP) is 3.40. The normalized spacial score (nSPS) is 12.3. The van der Waals surface area contributed by atoms with E-state index < -0.39 is 0 Å². The van der Waals surface area contributed by atoms with E-state index in [0.29, 0.717) is 0 Å². The standard InChI is InChI=1S/C14H15ClN2S/c15-13-6-1-2-7-14(13)18-10-11(16)9-12-5-3-4-8-17-12/h1-8,11H,9-10,16H2. The minimum Gasteiger partial charge on any atom is -0.327 e. The number of benzene rings is 1. The van der Waals surface area contributed by atoms with Crippen LogP contribution in [0, 0.1) is 0 Å². The highest BCUT2D eigenvalue weighted by molar-refractivity contribution is 7.99. The molecule has 2 N–H and O–H groups in total. The van der Waals surface area contributed by atoms with E-state index in [0.717, 1.165) is 27.8 Å². The van der Waals surface area contributed by atoms with Crippen molar-refractivity contribution < 1.29 is 0 Å². The lowest BCUT2D eigenvalue weighted by Crippen LogP contribution is -2.25. The van der Waals surface area contributed by atoms with Gasteiger partial charge in [-0.05, 0) is 24.3 Å². The summed E-state index contributed by atoms with van der Waals surface area (Å²) in [5.41, 5.74) is 7.13. The van der Waals surface area contributed by atoms with E-state index >= 15 is 0 Å². The molecule has 0 aliphatic carbocycles. The van der Waals surface area contributed by atoms with Gasteiger partial charge in [0.1, 0.15) is 0 Å². The first kappa shape index (κ1) is 13.4. The predicted molar refractivity (Wildman–Crippen MR) is 78.1 cm³/mol. The molecule has 0 amide bonds. The Morgan fingerprint density at radius 3 is 2.67 bits per heavy atom. The molecule has 2 aromatic rings. The van der Waals surface area contributed by atoms with Crippen LogP contribution in [0.4, 0.5) is 0 Å². The molecule has 1 aromatic carbocycles. The molecular weight excluding hydrogens is 264 g/mol. The molecule has 94 valence electrons. The van der Waals surface area contributed by atoms with Crippen LogP contribution in [0.2, 0.25) is 5.02 Å². The Hall–Kier alpha value is -1.03. The Morgan fingerprint density at radius 1 is 1.17 bits per heavy atom. The largest absolute Gasteiger partial charge is 0.327 e. The molecule has 0 aliphatic heterocycles. The van der Waals surface area contributed by atoms with Crippen molar-refractivity contribution in [3.63, 3.8) is 0 Å². The number of halogens is 1. The van der Waals surface area contributed by atoms with Crippen LogP contribution in [0.3, 0.4) is 0 Å². The van der Waals surface area contributed by atoms with Crippen LogP contribution in [-0.4, -0.2) is 16.8 Å². The maximum absolute atomic E-state index is 6.10. The van der Waals surface area contributed by atoms with Crippen molar-refractivity contribution >= 4 is 23.4 Å². The second-order valence-electron chi connectivity index (χ2n) is 4.03. The molecule has 0 saturated carbocycles. The quantitative estimate of drug-likeness (QED) is 0.852. The Labute approximate surface area is 117 Å². The van der Waals surface area contributed by atoms with Crippen LogP contribution in [0.15, 0.2) is 53.6 Å². The summed E-state index contributed by atoms with van der Waals surface area (Å²) in [5.74, 6) is 0.834. The summed E-state index contributed by atoms with van der Waals surface area (Å²) < 4.78 is 0. The van der Waals surface area contributed by atoms with Crippen LogP contribution < -0.4 is 5.73 Å². The molecule has 1 unspecified atom stereocenters. The van der Waals surface area contributed by atoms with Crippen molar-refractivity contribution in [1.82, 2.24) is 4.98 Å². The van der Waals surface area contributed by atoms with Gasteiger partial charge in [-0.1, -0.05) is 29.8 Å². The summed E-state index contributed by atoms with van der Waals surface area (Å²) >= 11 is 7.78. The lowest BCUT2D eigenvalue weighted by molar-refractivity contribution is 0.732. The van der Waals surface area contributed by atoms with Crippen LogP contribution in [0.1, 0.15) is 5.69 Å². The van der Waals surface area contributed by atoms with Gasteiger partial charge in [-0.3, -0.25) is 4.98 Å². The molecule has 1 atom stereocenters. The number of rotatable bonds is 5. The zero-order chi connectivity index (χ0) is 12.8. The Balaban J connectivity index is 1.86. The van der Waals surface area contributed by atoms with Crippen LogP contribution in [0.25, 0.3) is 0 Å². The van der Waals surface area contributed by atoms with Crippen molar-refractivity contribution in [3.8, 4) is 0 Å². The summed E-state index contributed by atoms with van der Waals surface area (Å²) in [6.07, 6.45) is 2.58. The summed E-state index contributed by atoms with van der Waals surface area (Å²) in [7, 11) is 0. The summed E-state index contributed by atoms with van der Waals surface area (Å²) in [5, 5.41) is 0.785. The van der Waals surface area contributed by atoms with Crippen LogP contribution in [-0.2, 0) is 6.42 Å². The molecule has 2 nitrogen and oxygen atoms in total. The third-order valence-electron chi connectivity index (χ3n) is 2.49. The van der Waals surface area contributed by atoms with Crippen molar-refractivity contribution in [2.75, 3.05) is 5.75 Å². The van der Waals surface area contributed by atoms with Crippen molar-refractivity contribution in [3.05, 3.63) is 59.4 Å². The number of hydrogen-bond acceptors (Lipinski definition) is 3. The van der Waals surface area contributed by atoms with Gasteiger partial charge in [0, 0.05) is 35.0 Å². The van der Waals surface area contributed by atoms with Gasteiger partial charge in [0.15, 0.2) is 0 Å². The first-order valence-electron chi connectivity index (χ1n) is 5.78. The van der Waals surface area contributed by atoms with Gasteiger partial charge in [-0.15, -0.1) is 11.8 Å². The van der Waals surface area contributed by atoms with Gasteiger partial charge in [-0.2, -0.15) is 0 Å². The number of pyridine rings is 1. The maximum atomic E-state index is 6.10. The second-order valence-corrected chi connectivity index (χ2v) is 5.50. The molecule has 4 heteroatoms. The topological polar surface area (TPSA) is 38.9 Å². The van der Waals surface area contributed by atoms with E-state index in [1.54, 1.807) is 18.0 Å². The van der Waals surface area contributed by atoms with E-state index in [4.69, 9.17) is 17.3 Å². The summed E-state index contributed by atoms with van der Waals surface area (Å²) in [6.45, 7) is 0. The molecule has 18 heavy (non-hydrogen) atoms.